The number of hydrogen-bond acceptors (Lipinski definition) is 0. The van der Waals surface area contributed by atoms with E-state index in [4.69, 9.17) is 0 Å². The van der Waals surface area contributed by atoms with Crippen molar-refractivity contribution in [2.24, 2.45) is 0 Å². The monoisotopic (exact) mass is 573 g/mol. The molecule has 5 rings (SSSR count). The molecule has 28 heavy (non-hydrogen) atoms. The molecule has 1 nitrogen and oxygen atoms in total. The number of nitrogens with zero attached hydrogens (tertiary/aromatic N) is 1. The number of para-hydroxylation sites is 1. The molecule has 0 N–H and O–H groups in total. The number of aromatic nitrogens is 1. The van der Waals surface area contributed by atoms with Gasteiger partial charge in [-0.25, -0.2) is 0 Å². The van der Waals surface area contributed by atoms with E-state index in [1.165, 1.54) is 39.8 Å². The molecule has 4 heteroatoms. The van der Waals surface area contributed by atoms with Gasteiger partial charge in [-0.1, -0.05) is 0 Å². The minimum absolute atomic E-state index is 0. The van der Waals surface area contributed by atoms with Crippen molar-refractivity contribution in [3.05, 3.63) is 92.5 Å². The van der Waals surface area contributed by atoms with Gasteiger partial charge in [0.05, 0.1) is 0 Å². The van der Waals surface area contributed by atoms with Gasteiger partial charge in [-0.3, -0.25) is 0 Å². The maximum Gasteiger partial charge on any atom is -1.00 e. The fourth-order valence-corrected chi connectivity index (χ4v) is 9.92. The molecule has 1 atom stereocenters. The largest absolute Gasteiger partial charge is 1.00 e. The molecule has 0 bridgehead atoms. The zero-order valence-corrected chi connectivity index (χ0v) is 21.0. The van der Waals surface area contributed by atoms with Crippen molar-refractivity contribution in [2.75, 3.05) is 0 Å². The van der Waals surface area contributed by atoms with Gasteiger partial charge in [0.1, 0.15) is 0 Å². The van der Waals surface area contributed by atoms with Crippen molar-refractivity contribution in [1.82, 2.24) is 4.57 Å². The van der Waals surface area contributed by atoms with E-state index >= 15 is 0 Å². The van der Waals surface area contributed by atoms with Gasteiger partial charge < -0.3 is 24.8 Å². The van der Waals surface area contributed by atoms with Crippen LogP contribution in [-0.4, -0.2) is 4.57 Å². The van der Waals surface area contributed by atoms with Gasteiger partial charge in [0.2, 0.25) is 0 Å². The van der Waals surface area contributed by atoms with Crippen LogP contribution in [0.15, 0.2) is 70.1 Å². The number of halogens is 2. The van der Waals surface area contributed by atoms with Crippen LogP contribution in [0.2, 0.25) is 0 Å². The van der Waals surface area contributed by atoms with E-state index in [-0.39, 0.29) is 24.8 Å². The van der Waals surface area contributed by atoms with Crippen molar-refractivity contribution in [2.45, 2.75) is 23.9 Å². The van der Waals surface area contributed by atoms with E-state index in [0.29, 0.717) is 3.67 Å². The van der Waals surface area contributed by atoms with Crippen LogP contribution in [-0.2, 0) is 22.9 Å². The summed E-state index contributed by atoms with van der Waals surface area (Å²) in [5.74, 6) is 0. The van der Waals surface area contributed by atoms with Crippen molar-refractivity contribution >= 4 is 22.7 Å². The smallest absolute Gasteiger partial charge is 1.00 e. The van der Waals surface area contributed by atoms with Crippen LogP contribution in [0.3, 0.4) is 0 Å². The first kappa shape index (κ1) is 21.4. The zero-order valence-electron chi connectivity index (χ0n) is 15.9. The molecule has 2 aliphatic rings. The van der Waals surface area contributed by atoms with Gasteiger partial charge in [0, 0.05) is 0 Å². The Balaban J connectivity index is 0.00000112. The first-order chi connectivity index (χ1) is 12.7. The van der Waals surface area contributed by atoms with Gasteiger partial charge >= 0.3 is 167 Å². The average Bonchev–Trinajstić information content (AvgIpc) is 3.36. The van der Waals surface area contributed by atoms with Crippen LogP contribution in [0.25, 0.3) is 22.7 Å². The van der Waals surface area contributed by atoms with Crippen LogP contribution in [0.4, 0.5) is 0 Å². The summed E-state index contributed by atoms with van der Waals surface area (Å²) in [6, 6.07) is 17.9. The van der Waals surface area contributed by atoms with Crippen LogP contribution >= 0.6 is 0 Å². The second-order valence-corrected chi connectivity index (χ2v) is 12.6. The Kier molecular flexibility index (Phi) is 6.54. The fourth-order valence-electron chi connectivity index (χ4n) is 4.25. The van der Waals surface area contributed by atoms with Crippen molar-refractivity contribution in [3.8, 4) is 0 Å². The normalized spacial score (nSPS) is 16.7. The number of fused-ring (bicyclic) bond motifs is 2. The second-order valence-electron chi connectivity index (χ2n) is 7.16. The van der Waals surface area contributed by atoms with E-state index in [1.54, 1.807) is 8.89 Å². The van der Waals surface area contributed by atoms with Gasteiger partial charge in [-0.15, -0.1) is 0 Å². The summed E-state index contributed by atoms with van der Waals surface area (Å²) >= 11 is -0.998. The van der Waals surface area contributed by atoms with E-state index in [0.717, 1.165) is 0 Å². The van der Waals surface area contributed by atoms with Crippen LogP contribution in [0.1, 0.15) is 32.5 Å². The minimum Gasteiger partial charge on any atom is -1.00 e. The molecule has 3 aromatic rings. The number of hydrogen-bond donors (Lipinski definition) is 0. The topological polar surface area (TPSA) is 4.93 Å². The Hall–Kier alpha value is -1.35. The number of rotatable bonds is 3. The van der Waals surface area contributed by atoms with Crippen LogP contribution in [0.5, 0.6) is 0 Å². The molecule has 1 unspecified atom stereocenters. The summed E-state index contributed by atoms with van der Waals surface area (Å²) in [6.07, 6.45) is 10.6. The zero-order chi connectivity index (χ0) is 17.7. The Bertz CT molecular complexity index is 1120. The van der Waals surface area contributed by atoms with Crippen LogP contribution < -0.4 is 24.8 Å². The fraction of sp³-hybridized carbons (Fsp3) is 0.167. The Morgan fingerprint density at radius 2 is 1.71 bits per heavy atom. The summed E-state index contributed by atoms with van der Waals surface area (Å²) in [5.41, 5.74) is 8.62. The molecule has 0 spiro atoms. The van der Waals surface area contributed by atoms with E-state index in [1.807, 2.05) is 0 Å². The molecular weight excluding hydrogens is 552 g/mol. The van der Waals surface area contributed by atoms with Crippen molar-refractivity contribution in [1.29, 1.82) is 0 Å². The summed E-state index contributed by atoms with van der Waals surface area (Å²) in [7, 11) is 0. The number of allylic oxidation sites excluding steroid dienone is 5. The van der Waals surface area contributed by atoms with Gasteiger partial charge in [0.25, 0.3) is 0 Å². The molecule has 140 valence electrons. The summed E-state index contributed by atoms with van der Waals surface area (Å²) in [4.78, 5) is 0. The first-order valence-electron chi connectivity index (χ1n) is 9.24. The van der Waals surface area contributed by atoms with E-state index in [9.17, 15) is 0 Å². The second kappa shape index (κ2) is 8.57. The van der Waals surface area contributed by atoms with Crippen molar-refractivity contribution < 1.29 is 47.7 Å². The number of benzene rings is 2. The van der Waals surface area contributed by atoms with E-state index in [2.05, 4.69) is 91.2 Å². The molecule has 0 radical (unpaired) electrons. The third-order valence-electron chi connectivity index (χ3n) is 5.69. The first-order valence-corrected chi connectivity index (χ1v) is 13.1. The Labute approximate surface area is 190 Å². The minimum atomic E-state index is -0.998. The van der Waals surface area contributed by atoms with E-state index < -0.39 is 22.9 Å². The predicted octanol–water partition coefficient (Wildman–Crippen LogP) is 0.245. The van der Waals surface area contributed by atoms with Crippen molar-refractivity contribution in [3.63, 3.8) is 0 Å². The molecule has 2 aromatic carbocycles. The molecule has 1 heterocycles. The molecule has 0 aliphatic heterocycles. The molecular formula is C24H21Cl2HfN. The van der Waals surface area contributed by atoms with Gasteiger partial charge in [-0.05, 0) is 0 Å². The van der Waals surface area contributed by atoms with Gasteiger partial charge in [0.15, 0.2) is 0 Å². The summed E-state index contributed by atoms with van der Waals surface area (Å²) in [6.45, 7) is 4.54. The maximum atomic E-state index is 2.55. The SMILES string of the molecule is Cc1c(C)n(C2=Cc3ccccc3[CH]2[Hf+2][C]2=CC=CC2)c2ccccc12.[Cl-].[Cl-]. The summed E-state index contributed by atoms with van der Waals surface area (Å²) in [5, 5.41) is 1.38. The standard InChI is InChI=1S/C19H16N.C5H5.2ClH.Hf/c1-13-14(2)20(19-10-6-5-9-18(13)19)17-11-15-7-3-4-8-16(15)12-17;1-2-4-5-3-1;;;/h3-12H,1-2H3;1-3H,4H2;2*1H;/q;;;;+2/p-2. The quantitative estimate of drug-likeness (QED) is 0.397. The third kappa shape index (κ3) is 3.40. The summed E-state index contributed by atoms with van der Waals surface area (Å²) < 4.78 is 4.89. The third-order valence-corrected chi connectivity index (χ3v) is 11.6. The van der Waals surface area contributed by atoms with Crippen LogP contribution in [0, 0.1) is 13.8 Å². The van der Waals surface area contributed by atoms with Gasteiger partial charge in [-0.2, -0.15) is 0 Å². The molecule has 0 fully saturated rings. The molecule has 0 amide bonds. The average molecular weight is 573 g/mol. The Morgan fingerprint density at radius 1 is 0.964 bits per heavy atom. The molecule has 0 saturated heterocycles. The molecule has 2 aliphatic carbocycles. The number of aryl methyl sites for hydroxylation is 1. The Morgan fingerprint density at radius 3 is 2.50 bits per heavy atom. The predicted molar refractivity (Wildman–Crippen MR) is 107 cm³/mol. The molecule has 1 aromatic heterocycles. The maximum absolute atomic E-state index is 2.55. The molecule has 0 saturated carbocycles.